The van der Waals surface area contributed by atoms with Crippen LogP contribution >= 0.6 is 0 Å². The SMILES string of the molecule is CC(=O)OCC(=O)N(CC1CN(C(=O)OC(C)(C)C)CC1F)C(c1nc(-c2cc(F)ccc2F)cn1Cc1ccccc1)C(C)(C)CC=O. The van der Waals surface area contributed by atoms with Gasteiger partial charge in [-0.15, -0.1) is 0 Å². The fraction of sp³-hybridized carbons (Fsp3) is 0.472. The van der Waals surface area contributed by atoms with Gasteiger partial charge in [0.15, 0.2) is 6.61 Å². The first-order valence-corrected chi connectivity index (χ1v) is 16.0. The Kier molecular flexibility index (Phi) is 11.6. The number of hydrogen-bond acceptors (Lipinski definition) is 7. The van der Waals surface area contributed by atoms with Crippen LogP contribution in [-0.2, 0) is 30.4 Å². The topological polar surface area (TPSA) is 111 Å². The Morgan fingerprint density at radius 3 is 2.39 bits per heavy atom. The quantitative estimate of drug-likeness (QED) is 0.167. The summed E-state index contributed by atoms with van der Waals surface area (Å²) in [5, 5.41) is 0. The average molecular weight is 685 g/mol. The highest BCUT2D eigenvalue weighted by molar-refractivity contribution is 5.80. The summed E-state index contributed by atoms with van der Waals surface area (Å²) in [5.41, 5.74) is -1.11. The minimum absolute atomic E-state index is 0.0718. The molecule has 0 saturated carbocycles. The molecule has 1 aliphatic rings. The second-order valence-corrected chi connectivity index (χ2v) is 14.0. The molecule has 2 heterocycles. The standard InChI is InChI=1S/C36H43F3N4O6/c1-23(45)48-22-31(46)43(19-25-18-42(20-29(25)39)34(47)49-35(2,3)4)32(36(5,6)14-15-44)33-40-30(27-16-26(37)12-13-28(27)38)21-41(33)17-24-10-8-7-9-11-24/h7-13,15-16,21,25,29,32H,14,17-20,22H2,1-6H3. The molecule has 3 unspecified atom stereocenters. The van der Waals surface area contributed by atoms with Crippen LogP contribution in [0.3, 0.4) is 0 Å². The second-order valence-electron chi connectivity index (χ2n) is 14.0. The van der Waals surface area contributed by atoms with E-state index in [1.165, 1.54) is 16.0 Å². The average Bonchev–Trinajstić information content (AvgIpc) is 3.59. The number of amides is 2. The van der Waals surface area contributed by atoms with Crippen molar-refractivity contribution >= 4 is 24.3 Å². The number of alkyl halides is 1. The maximum Gasteiger partial charge on any atom is 0.410 e. The molecule has 2 aromatic carbocycles. The van der Waals surface area contributed by atoms with Gasteiger partial charge in [-0.3, -0.25) is 9.59 Å². The number of aromatic nitrogens is 2. The zero-order valence-electron chi connectivity index (χ0n) is 28.6. The number of likely N-dealkylation sites (tertiary alicyclic amines) is 1. The van der Waals surface area contributed by atoms with Crippen molar-refractivity contribution in [2.45, 2.75) is 72.3 Å². The third-order valence-corrected chi connectivity index (χ3v) is 8.28. The van der Waals surface area contributed by atoms with E-state index < -0.39 is 65.4 Å². The third kappa shape index (κ3) is 9.48. The number of esters is 1. The summed E-state index contributed by atoms with van der Waals surface area (Å²) in [6, 6.07) is 11.1. The summed E-state index contributed by atoms with van der Waals surface area (Å²) >= 11 is 0. The van der Waals surface area contributed by atoms with Crippen molar-refractivity contribution in [2.24, 2.45) is 11.3 Å². The second kappa shape index (κ2) is 15.3. The summed E-state index contributed by atoms with van der Waals surface area (Å²) in [6.45, 7) is 8.61. The maximum atomic E-state index is 15.7. The molecule has 10 nitrogen and oxygen atoms in total. The first-order chi connectivity index (χ1) is 23.0. The molecular formula is C36H43F3N4O6. The van der Waals surface area contributed by atoms with E-state index in [1.807, 2.05) is 30.3 Å². The zero-order valence-corrected chi connectivity index (χ0v) is 28.6. The lowest BCUT2D eigenvalue weighted by Gasteiger charge is -2.42. The number of hydrogen-bond donors (Lipinski definition) is 0. The predicted molar refractivity (Wildman–Crippen MR) is 175 cm³/mol. The van der Waals surface area contributed by atoms with Gasteiger partial charge in [-0.25, -0.2) is 22.9 Å². The van der Waals surface area contributed by atoms with Crippen LogP contribution in [-0.4, -0.2) is 81.6 Å². The Morgan fingerprint density at radius 1 is 1.06 bits per heavy atom. The molecule has 1 aliphatic heterocycles. The molecule has 4 rings (SSSR count). The molecule has 0 spiro atoms. The van der Waals surface area contributed by atoms with E-state index in [-0.39, 0.29) is 49.7 Å². The lowest BCUT2D eigenvalue weighted by molar-refractivity contribution is -0.153. The molecule has 3 aromatic rings. The van der Waals surface area contributed by atoms with Gasteiger partial charge in [-0.05, 0) is 49.9 Å². The Labute approximate surface area is 284 Å². The Hall–Kier alpha value is -4.68. The van der Waals surface area contributed by atoms with Crippen LogP contribution in [0.2, 0.25) is 0 Å². The predicted octanol–water partition coefficient (Wildman–Crippen LogP) is 6.13. The number of rotatable bonds is 12. The van der Waals surface area contributed by atoms with Gasteiger partial charge in [0.1, 0.15) is 35.5 Å². The van der Waals surface area contributed by atoms with Crippen molar-refractivity contribution in [3.05, 3.63) is 77.8 Å². The van der Waals surface area contributed by atoms with Gasteiger partial charge in [0.25, 0.3) is 5.91 Å². The normalized spacial score (nSPS) is 17.0. The molecule has 1 fully saturated rings. The van der Waals surface area contributed by atoms with Gasteiger partial charge in [0.2, 0.25) is 0 Å². The number of aldehydes is 1. The van der Waals surface area contributed by atoms with Crippen LogP contribution in [0.25, 0.3) is 11.3 Å². The molecule has 0 bridgehead atoms. The van der Waals surface area contributed by atoms with Crippen LogP contribution < -0.4 is 0 Å². The molecule has 2 amide bonds. The van der Waals surface area contributed by atoms with Crippen LogP contribution in [0.4, 0.5) is 18.0 Å². The van der Waals surface area contributed by atoms with Gasteiger partial charge < -0.3 is 28.6 Å². The number of carbonyl (C=O) groups excluding carboxylic acids is 4. The summed E-state index contributed by atoms with van der Waals surface area (Å²) in [5.74, 6) is -3.50. The highest BCUT2D eigenvalue weighted by atomic mass is 19.1. The van der Waals surface area contributed by atoms with Gasteiger partial charge in [0.05, 0.1) is 18.3 Å². The van der Waals surface area contributed by atoms with E-state index in [0.29, 0.717) is 6.29 Å². The number of halogens is 3. The Balaban J connectivity index is 1.86. The molecule has 1 aromatic heterocycles. The minimum atomic E-state index is -1.55. The summed E-state index contributed by atoms with van der Waals surface area (Å²) < 4.78 is 57.4. The molecule has 13 heteroatoms. The van der Waals surface area contributed by atoms with Crippen molar-refractivity contribution in [2.75, 3.05) is 26.2 Å². The Morgan fingerprint density at radius 2 is 1.76 bits per heavy atom. The van der Waals surface area contributed by atoms with Gasteiger partial charge >= 0.3 is 12.1 Å². The lowest BCUT2D eigenvalue weighted by atomic mass is 9.79. The van der Waals surface area contributed by atoms with Crippen molar-refractivity contribution in [3.8, 4) is 11.3 Å². The number of carbonyl (C=O) groups is 4. The largest absolute Gasteiger partial charge is 0.456 e. The third-order valence-electron chi connectivity index (χ3n) is 8.28. The van der Waals surface area contributed by atoms with Gasteiger partial charge in [-0.1, -0.05) is 44.2 Å². The van der Waals surface area contributed by atoms with Crippen molar-refractivity contribution in [1.29, 1.82) is 0 Å². The summed E-state index contributed by atoms with van der Waals surface area (Å²) in [6.07, 6.45) is -0.0980. The summed E-state index contributed by atoms with van der Waals surface area (Å²) in [4.78, 5) is 58.1. The molecule has 264 valence electrons. The highest BCUT2D eigenvalue weighted by Crippen LogP contribution is 2.43. The lowest BCUT2D eigenvalue weighted by Crippen LogP contribution is -2.48. The van der Waals surface area contributed by atoms with Crippen molar-refractivity contribution < 1.29 is 41.8 Å². The fourth-order valence-corrected chi connectivity index (χ4v) is 5.95. The minimum Gasteiger partial charge on any atom is -0.456 e. The maximum absolute atomic E-state index is 15.7. The molecule has 0 radical (unpaired) electrons. The molecule has 49 heavy (non-hydrogen) atoms. The summed E-state index contributed by atoms with van der Waals surface area (Å²) in [7, 11) is 0. The fourth-order valence-electron chi connectivity index (χ4n) is 5.95. The smallest absolute Gasteiger partial charge is 0.410 e. The molecule has 1 saturated heterocycles. The van der Waals surface area contributed by atoms with E-state index >= 15 is 8.78 Å². The molecular weight excluding hydrogens is 641 g/mol. The first-order valence-electron chi connectivity index (χ1n) is 16.0. The monoisotopic (exact) mass is 684 g/mol. The van der Waals surface area contributed by atoms with Crippen LogP contribution in [0, 0.1) is 23.0 Å². The molecule has 3 atom stereocenters. The van der Waals surface area contributed by atoms with Gasteiger partial charge in [-0.2, -0.15) is 0 Å². The van der Waals surface area contributed by atoms with E-state index in [4.69, 9.17) is 14.5 Å². The van der Waals surface area contributed by atoms with Crippen LogP contribution in [0.5, 0.6) is 0 Å². The van der Waals surface area contributed by atoms with Crippen LogP contribution in [0.1, 0.15) is 65.4 Å². The number of imidazole rings is 1. The number of benzene rings is 2. The zero-order chi connectivity index (χ0) is 36.1. The van der Waals surface area contributed by atoms with E-state index in [0.717, 1.165) is 30.7 Å². The van der Waals surface area contributed by atoms with E-state index in [2.05, 4.69) is 0 Å². The van der Waals surface area contributed by atoms with E-state index in [1.54, 1.807) is 39.2 Å². The van der Waals surface area contributed by atoms with E-state index in [9.17, 15) is 23.6 Å². The number of nitrogens with zero attached hydrogens (tertiary/aromatic N) is 4. The first kappa shape index (κ1) is 37.1. The van der Waals surface area contributed by atoms with Crippen molar-refractivity contribution in [1.82, 2.24) is 19.4 Å². The van der Waals surface area contributed by atoms with Gasteiger partial charge in [0, 0.05) is 50.7 Å². The molecule has 0 N–H and O–H groups in total. The van der Waals surface area contributed by atoms with Crippen molar-refractivity contribution in [3.63, 3.8) is 0 Å². The molecule has 0 aliphatic carbocycles. The highest BCUT2D eigenvalue weighted by Gasteiger charge is 2.45. The van der Waals surface area contributed by atoms with Crippen LogP contribution in [0.15, 0.2) is 54.7 Å². The number of ether oxygens (including phenoxy) is 2. The Bertz CT molecular complexity index is 1660.